The third kappa shape index (κ3) is 2.49. The van der Waals surface area contributed by atoms with Gasteiger partial charge in [-0.2, -0.15) is 0 Å². The molecule has 0 aliphatic carbocycles. The third-order valence-electron chi connectivity index (χ3n) is 4.01. The van der Waals surface area contributed by atoms with Crippen molar-refractivity contribution < 1.29 is 9.53 Å². The number of benzene rings is 1. The van der Waals surface area contributed by atoms with Gasteiger partial charge in [0.25, 0.3) is 0 Å². The normalized spacial score (nSPS) is 17.1. The fourth-order valence-corrected chi connectivity index (χ4v) is 3.24. The predicted molar refractivity (Wildman–Crippen MR) is 84.0 cm³/mol. The molecule has 1 aliphatic heterocycles. The lowest BCUT2D eigenvalue weighted by Gasteiger charge is -2.29. The number of amides is 1. The van der Waals surface area contributed by atoms with E-state index in [1.54, 1.807) is 0 Å². The van der Waals surface area contributed by atoms with Gasteiger partial charge in [-0.25, -0.2) is 0 Å². The molecule has 5 nitrogen and oxygen atoms in total. The first-order valence-electron chi connectivity index (χ1n) is 7.16. The molecule has 0 bridgehead atoms. The number of carbonyl (C=O) groups excluding carboxylic acids is 1. The van der Waals surface area contributed by atoms with Gasteiger partial charge in [-0.1, -0.05) is 12.1 Å². The summed E-state index contributed by atoms with van der Waals surface area (Å²) in [5.74, 6) is 0.0959. The van der Waals surface area contributed by atoms with Crippen LogP contribution in [0.2, 0.25) is 0 Å². The second kappa shape index (κ2) is 5.61. The molecule has 1 aromatic carbocycles. The van der Waals surface area contributed by atoms with Gasteiger partial charge >= 0.3 is 0 Å². The second-order valence-corrected chi connectivity index (χ2v) is 5.77. The summed E-state index contributed by atoms with van der Waals surface area (Å²) in [5, 5.41) is 0. The Morgan fingerprint density at radius 3 is 2.81 bits per heavy atom. The number of ether oxygens (including phenoxy) is 1. The van der Waals surface area contributed by atoms with Crippen molar-refractivity contribution in [1.82, 2.24) is 14.5 Å². The van der Waals surface area contributed by atoms with Crippen LogP contribution in [0.25, 0.3) is 11.0 Å². The molecule has 1 aliphatic rings. The molecule has 0 spiro atoms. The van der Waals surface area contributed by atoms with Gasteiger partial charge in [0.15, 0.2) is 4.77 Å². The number of hydrogen-bond acceptors (Lipinski definition) is 3. The standard InChI is InChI=1S/C15H19N3O2S/c1-10-4-3-5-12-13(10)18(15(21)16-12)11(2)14(19)17-6-8-20-9-7-17/h3-5,11H,6-9H2,1-2H3,(H,16,21). The van der Waals surface area contributed by atoms with Gasteiger partial charge in [0, 0.05) is 13.1 Å². The van der Waals surface area contributed by atoms with E-state index in [9.17, 15) is 4.79 Å². The summed E-state index contributed by atoms with van der Waals surface area (Å²) < 4.78 is 7.83. The first-order valence-corrected chi connectivity index (χ1v) is 7.57. The maximum atomic E-state index is 12.7. The van der Waals surface area contributed by atoms with Crippen LogP contribution in [0.4, 0.5) is 0 Å². The zero-order valence-corrected chi connectivity index (χ0v) is 13.1. The Morgan fingerprint density at radius 1 is 1.38 bits per heavy atom. The predicted octanol–water partition coefficient (Wildman–Crippen LogP) is 2.43. The number of aryl methyl sites for hydroxylation is 1. The number of fused-ring (bicyclic) bond motifs is 1. The molecule has 0 radical (unpaired) electrons. The molecule has 1 aromatic heterocycles. The van der Waals surface area contributed by atoms with Crippen LogP contribution in [-0.2, 0) is 9.53 Å². The van der Waals surface area contributed by atoms with E-state index in [1.807, 2.05) is 41.5 Å². The lowest BCUT2D eigenvalue weighted by atomic mass is 10.2. The van der Waals surface area contributed by atoms with Crippen LogP contribution < -0.4 is 0 Å². The number of imidazole rings is 1. The van der Waals surface area contributed by atoms with E-state index in [0.717, 1.165) is 16.6 Å². The number of hydrogen-bond donors (Lipinski definition) is 1. The number of carbonyl (C=O) groups is 1. The molecular weight excluding hydrogens is 286 g/mol. The molecule has 2 heterocycles. The SMILES string of the molecule is Cc1cccc2[nH]c(=S)n(C(C)C(=O)N3CCOCC3)c12. The van der Waals surface area contributed by atoms with Crippen LogP contribution in [0, 0.1) is 11.7 Å². The highest BCUT2D eigenvalue weighted by Crippen LogP contribution is 2.23. The smallest absolute Gasteiger partial charge is 0.245 e. The number of rotatable bonds is 2. The molecule has 112 valence electrons. The summed E-state index contributed by atoms with van der Waals surface area (Å²) >= 11 is 5.42. The molecule has 6 heteroatoms. The Kier molecular flexibility index (Phi) is 3.82. The average molecular weight is 305 g/mol. The second-order valence-electron chi connectivity index (χ2n) is 5.38. The van der Waals surface area contributed by atoms with Gasteiger partial charge in [-0.05, 0) is 37.7 Å². The monoisotopic (exact) mass is 305 g/mol. The van der Waals surface area contributed by atoms with Gasteiger partial charge < -0.3 is 19.2 Å². The van der Waals surface area contributed by atoms with E-state index in [1.165, 1.54) is 0 Å². The summed E-state index contributed by atoms with van der Waals surface area (Å²) in [6.07, 6.45) is 0. The number of morpholine rings is 1. The topological polar surface area (TPSA) is 50.3 Å². The number of H-pyrrole nitrogens is 1. The molecule has 2 aromatic rings. The van der Waals surface area contributed by atoms with Crippen LogP contribution in [0.3, 0.4) is 0 Å². The van der Waals surface area contributed by atoms with Crippen molar-refractivity contribution in [3.8, 4) is 0 Å². The molecule has 1 atom stereocenters. The number of aromatic nitrogens is 2. The van der Waals surface area contributed by atoms with E-state index >= 15 is 0 Å². The minimum absolute atomic E-state index is 0.0959. The Labute approximate surface area is 128 Å². The lowest BCUT2D eigenvalue weighted by molar-refractivity contribution is -0.138. The van der Waals surface area contributed by atoms with Crippen molar-refractivity contribution >= 4 is 29.2 Å². The van der Waals surface area contributed by atoms with Crippen LogP contribution in [-0.4, -0.2) is 46.7 Å². The van der Waals surface area contributed by atoms with Crippen LogP contribution in [0.1, 0.15) is 18.5 Å². The summed E-state index contributed by atoms with van der Waals surface area (Å²) in [5.41, 5.74) is 3.10. The highest BCUT2D eigenvalue weighted by atomic mass is 32.1. The van der Waals surface area contributed by atoms with Gasteiger partial charge in [-0.3, -0.25) is 4.79 Å². The summed E-state index contributed by atoms with van der Waals surface area (Å²) in [7, 11) is 0. The van der Waals surface area contributed by atoms with E-state index in [0.29, 0.717) is 31.1 Å². The largest absolute Gasteiger partial charge is 0.378 e. The van der Waals surface area contributed by atoms with Gasteiger partial charge in [0.1, 0.15) is 6.04 Å². The zero-order chi connectivity index (χ0) is 15.0. The molecule has 1 amide bonds. The molecule has 1 fully saturated rings. The molecule has 0 saturated carbocycles. The van der Waals surface area contributed by atoms with E-state index < -0.39 is 0 Å². The van der Waals surface area contributed by atoms with Crippen LogP contribution in [0.15, 0.2) is 18.2 Å². The molecule has 21 heavy (non-hydrogen) atoms. The Hall–Kier alpha value is -1.66. The average Bonchev–Trinajstić information content (AvgIpc) is 2.84. The number of para-hydroxylation sites is 1. The zero-order valence-electron chi connectivity index (χ0n) is 12.3. The van der Waals surface area contributed by atoms with Gasteiger partial charge in [-0.15, -0.1) is 0 Å². The van der Waals surface area contributed by atoms with E-state index in [2.05, 4.69) is 4.98 Å². The fourth-order valence-electron chi connectivity index (χ4n) is 2.88. The van der Waals surface area contributed by atoms with Crippen molar-refractivity contribution in [2.45, 2.75) is 19.9 Å². The highest BCUT2D eigenvalue weighted by molar-refractivity contribution is 7.71. The lowest BCUT2D eigenvalue weighted by Crippen LogP contribution is -2.43. The molecule has 3 rings (SSSR count). The third-order valence-corrected chi connectivity index (χ3v) is 4.31. The fraction of sp³-hybridized carbons (Fsp3) is 0.467. The van der Waals surface area contributed by atoms with Crippen LogP contribution in [0.5, 0.6) is 0 Å². The number of nitrogens with one attached hydrogen (secondary N) is 1. The summed E-state index contributed by atoms with van der Waals surface area (Å²) in [6.45, 7) is 6.46. The molecule has 1 unspecified atom stereocenters. The van der Waals surface area contributed by atoms with Crippen molar-refractivity contribution in [2.24, 2.45) is 0 Å². The maximum Gasteiger partial charge on any atom is 0.245 e. The molecule has 1 saturated heterocycles. The van der Waals surface area contributed by atoms with Crippen molar-refractivity contribution in [2.75, 3.05) is 26.3 Å². The highest BCUT2D eigenvalue weighted by Gasteiger charge is 2.25. The number of nitrogens with zero attached hydrogens (tertiary/aromatic N) is 2. The number of aromatic amines is 1. The Balaban J connectivity index is 2.01. The Morgan fingerprint density at radius 2 is 2.10 bits per heavy atom. The quantitative estimate of drug-likeness (QED) is 0.867. The minimum atomic E-state index is -0.314. The van der Waals surface area contributed by atoms with E-state index in [-0.39, 0.29) is 11.9 Å². The summed E-state index contributed by atoms with van der Waals surface area (Å²) in [4.78, 5) is 17.7. The first-order chi connectivity index (χ1) is 10.1. The Bertz CT molecular complexity index is 728. The van der Waals surface area contributed by atoms with Crippen molar-refractivity contribution in [3.63, 3.8) is 0 Å². The minimum Gasteiger partial charge on any atom is -0.378 e. The van der Waals surface area contributed by atoms with Gasteiger partial charge in [0.2, 0.25) is 5.91 Å². The summed E-state index contributed by atoms with van der Waals surface area (Å²) in [6, 6.07) is 5.70. The van der Waals surface area contributed by atoms with Crippen molar-refractivity contribution in [3.05, 3.63) is 28.5 Å². The van der Waals surface area contributed by atoms with Crippen molar-refractivity contribution in [1.29, 1.82) is 0 Å². The molecular formula is C15H19N3O2S. The van der Waals surface area contributed by atoms with Gasteiger partial charge in [0.05, 0.1) is 24.2 Å². The first kappa shape index (κ1) is 14.3. The molecule has 1 N–H and O–H groups in total. The maximum absolute atomic E-state index is 12.7. The van der Waals surface area contributed by atoms with E-state index in [4.69, 9.17) is 17.0 Å². The van der Waals surface area contributed by atoms with Crippen LogP contribution >= 0.6 is 12.2 Å².